The highest BCUT2D eigenvalue weighted by Crippen LogP contribution is 2.40. The van der Waals surface area contributed by atoms with Gasteiger partial charge >= 0.3 is 5.97 Å². The lowest BCUT2D eigenvalue weighted by Gasteiger charge is -2.47. The molecule has 44 heavy (non-hydrogen) atoms. The molecule has 1 aromatic carbocycles. The lowest BCUT2D eigenvalue weighted by atomic mass is 9.83. The van der Waals surface area contributed by atoms with Crippen molar-refractivity contribution in [2.24, 2.45) is 5.92 Å². The van der Waals surface area contributed by atoms with Crippen molar-refractivity contribution in [3.05, 3.63) is 29.3 Å². The minimum Gasteiger partial charge on any atom is -0.458 e. The first-order valence-corrected chi connectivity index (χ1v) is 15.7. The minimum atomic E-state index is -0.719. The van der Waals surface area contributed by atoms with Crippen LogP contribution in [-0.4, -0.2) is 95.6 Å². The predicted octanol–water partition coefficient (Wildman–Crippen LogP) is 2.48. The Morgan fingerprint density at radius 1 is 1.20 bits per heavy atom. The number of esters is 1. The van der Waals surface area contributed by atoms with Gasteiger partial charge in [-0.3, -0.25) is 9.59 Å². The van der Waals surface area contributed by atoms with Gasteiger partial charge in [0, 0.05) is 36.9 Å². The van der Waals surface area contributed by atoms with Gasteiger partial charge in [0.2, 0.25) is 5.91 Å². The number of ether oxygens (including phenoxy) is 3. The lowest BCUT2D eigenvalue weighted by molar-refractivity contribution is -0.180. The van der Waals surface area contributed by atoms with Crippen LogP contribution in [-0.2, 0) is 23.8 Å². The fourth-order valence-corrected chi connectivity index (χ4v) is 7.03. The summed E-state index contributed by atoms with van der Waals surface area (Å²) in [6, 6.07) is 7.78. The number of anilines is 1. The van der Waals surface area contributed by atoms with Gasteiger partial charge in [0.1, 0.15) is 11.8 Å². The normalized spacial score (nSPS) is 32.8. The van der Waals surface area contributed by atoms with Crippen molar-refractivity contribution < 1.29 is 28.6 Å². The first-order valence-electron chi connectivity index (χ1n) is 15.7. The van der Waals surface area contributed by atoms with E-state index in [1.54, 1.807) is 0 Å². The van der Waals surface area contributed by atoms with E-state index < -0.39 is 35.3 Å². The second kappa shape index (κ2) is 12.6. The average molecular weight is 611 g/mol. The van der Waals surface area contributed by atoms with Crippen LogP contribution in [0.2, 0.25) is 0 Å². The van der Waals surface area contributed by atoms with E-state index in [0.29, 0.717) is 44.5 Å². The monoisotopic (exact) mass is 610 g/mol. The van der Waals surface area contributed by atoms with Crippen molar-refractivity contribution in [1.82, 2.24) is 20.7 Å². The highest BCUT2D eigenvalue weighted by Gasteiger charge is 2.56. The Labute approximate surface area is 259 Å². The Bertz CT molecular complexity index is 1290. The largest absolute Gasteiger partial charge is 0.458 e. The summed E-state index contributed by atoms with van der Waals surface area (Å²) in [4.78, 5) is 41.2. The summed E-state index contributed by atoms with van der Waals surface area (Å²) in [5.74, 6) is -0.917. The fraction of sp³-hybridized carbons (Fsp3) is 0.688. The topological polar surface area (TPSA) is 145 Å². The Balaban J connectivity index is 1.32. The number of piperidine rings is 1. The molecule has 3 N–H and O–H groups in total. The van der Waals surface area contributed by atoms with E-state index in [9.17, 15) is 19.6 Å². The first-order chi connectivity index (χ1) is 20.8. The fourth-order valence-electron chi connectivity index (χ4n) is 7.03. The molecular formula is C32H46N6O6. The number of hydrazine groups is 1. The van der Waals surface area contributed by atoms with Gasteiger partial charge in [-0.15, -0.1) is 0 Å². The molecule has 12 nitrogen and oxygen atoms in total. The highest BCUT2D eigenvalue weighted by molar-refractivity contribution is 5.96. The molecule has 4 heterocycles. The van der Waals surface area contributed by atoms with Gasteiger partial charge in [-0.25, -0.2) is 15.2 Å². The maximum atomic E-state index is 13.4. The number of carbonyl (C=O) groups excluding carboxylic acids is 3. The zero-order chi connectivity index (χ0) is 31.8. The van der Waals surface area contributed by atoms with Crippen LogP contribution < -0.4 is 16.1 Å². The highest BCUT2D eigenvalue weighted by atomic mass is 16.6. The van der Waals surface area contributed by atoms with Gasteiger partial charge in [-0.2, -0.15) is 5.26 Å². The van der Waals surface area contributed by atoms with Crippen LogP contribution in [0.4, 0.5) is 5.69 Å². The summed E-state index contributed by atoms with van der Waals surface area (Å²) in [7, 11) is 0. The molecule has 0 saturated carbocycles. The van der Waals surface area contributed by atoms with Crippen LogP contribution in [0.1, 0.15) is 76.2 Å². The van der Waals surface area contributed by atoms with Crippen LogP contribution in [0, 0.1) is 24.2 Å². The molecule has 4 fully saturated rings. The number of benzene rings is 1. The number of fused-ring (bicyclic) bond motifs is 1. The molecule has 0 spiro atoms. The van der Waals surface area contributed by atoms with E-state index in [2.05, 4.69) is 22.1 Å². The molecule has 0 aromatic heterocycles. The number of rotatable bonds is 6. The van der Waals surface area contributed by atoms with Crippen LogP contribution in [0.5, 0.6) is 0 Å². The number of amides is 2. The lowest BCUT2D eigenvalue weighted by Crippen LogP contribution is -2.63. The van der Waals surface area contributed by atoms with Crippen LogP contribution >= 0.6 is 0 Å². The molecule has 240 valence electrons. The molecule has 7 atom stereocenters. The summed E-state index contributed by atoms with van der Waals surface area (Å²) >= 11 is 0. The van der Waals surface area contributed by atoms with Crippen molar-refractivity contribution in [2.45, 2.75) is 109 Å². The molecule has 5 unspecified atom stereocenters. The van der Waals surface area contributed by atoms with Crippen LogP contribution in [0.3, 0.4) is 0 Å². The SMILES string of the molecule is Cc1cc(NC2NN([C@]3(CC#N)CC[C@@H](C(=O)OC(C)(C)C)OC3)C3CCNC(=O)C23)ccc1C(=O)N1CC(C)OC(C)C1. The van der Waals surface area contributed by atoms with Crippen molar-refractivity contribution >= 4 is 23.5 Å². The van der Waals surface area contributed by atoms with E-state index >= 15 is 0 Å². The smallest absolute Gasteiger partial charge is 0.335 e. The molecule has 0 aliphatic carbocycles. The Kier molecular flexibility index (Phi) is 9.23. The Morgan fingerprint density at radius 3 is 2.55 bits per heavy atom. The van der Waals surface area contributed by atoms with Crippen molar-refractivity contribution in [1.29, 1.82) is 5.26 Å². The molecule has 0 radical (unpaired) electrons. The van der Waals surface area contributed by atoms with Gasteiger partial charge in [-0.05, 0) is 84.6 Å². The zero-order valence-corrected chi connectivity index (χ0v) is 26.6. The van der Waals surface area contributed by atoms with Gasteiger partial charge < -0.3 is 29.7 Å². The quantitative estimate of drug-likeness (QED) is 0.411. The minimum absolute atomic E-state index is 0.0167. The van der Waals surface area contributed by atoms with Crippen LogP contribution in [0.15, 0.2) is 18.2 Å². The zero-order valence-electron chi connectivity index (χ0n) is 26.6. The molecule has 4 aliphatic rings. The second-order valence-corrected chi connectivity index (χ2v) is 13.7. The van der Waals surface area contributed by atoms with E-state index in [-0.39, 0.29) is 43.1 Å². The summed E-state index contributed by atoms with van der Waals surface area (Å²) in [6.45, 7) is 13.1. The molecule has 4 saturated heterocycles. The number of hydrogen-bond acceptors (Lipinski definition) is 10. The number of carbonyl (C=O) groups is 3. The van der Waals surface area contributed by atoms with E-state index in [1.807, 2.05) is 69.7 Å². The Hall–Kier alpha value is -3.24. The van der Waals surface area contributed by atoms with Gasteiger partial charge in [0.25, 0.3) is 5.91 Å². The molecule has 0 bridgehead atoms. The maximum Gasteiger partial charge on any atom is 0.335 e. The summed E-state index contributed by atoms with van der Waals surface area (Å²) < 4.78 is 17.4. The molecular weight excluding hydrogens is 564 g/mol. The first kappa shape index (κ1) is 32.2. The van der Waals surface area contributed by atoms with E-state index in [4.69, 9.17) is 14.2 Å². The molecule has 5 rings (SSSR count). The molecule has 4 aliphatic heterocycles. The van der Waals surface area contributed by atoms with Gasteiger partial charge in [0.05, 0.1) is 42.8 Å². The van der Waals surface area contributed by atoms with Crippen LogP contribution in [0.25, 0.3) is 0 Å². The number of nitriles is 1. The standard InChI is InChI=1S/C32H46N6O6/c1-19-15-22(7-8-23(19)29(40)37-16-20(2)43-21(3)17-37)35-27-26-24(10-14-34-28(26)39)38(36-27)32(12-13-33)11-9-25(42-18-32)30(41)44-31(4,5)6/h7-8,15,20-21,24-27,35-36H,9-12,14,16-18H2,1-6H3,(H,34,39)/t20?,21?,24?,25-,26?,27?,32-/m0/s1. The van der Waals surface area contributed by atoms with Gasteiger partial charge in [-0.1, -0.05) is 0 Å². The number of hydrogen-bond donors (Lipinski definition) is 3. The number of nitrogens with zero attached hydrogens (tertiary/aromatic N) is 3. The average Bonchev–Trinajstić information content (AvgIpc) is 3.32. The van der Waals surface area contributed by atoms with E-state index in [0.717, 1.165) is 11.3 Å². The summed E-state index contributed by atoms with van der Waals surface area (Å²) in [5.41, 5.74) is 4.44. The molecule has 1 aromatic rings. The van der Waals surface area contributed by atoms with Crippen molar-refractivity contribution in [3.63, 3.8) is 0 Å². The number of nitrogens with one attached hydrogen (secondary N) is 3. The van der Waals surface area contributed by atoms with Crippen molar-refractivity contribution in [2.75, 3.05) is 31.6 Å². The van der Waals surface area contributed by atoms with Crippen molar-refractivity contribution in [3.8, 4) is 6.07 Å². The maximum absolute atomic E-state index is 13.4. The predicted molar refractivity (Wildman–Crippen MR) is 162 cm³/mol. The summed E-state index contributed by atoms with van der Waals surface area (Å²) in [5, 5.41) is 18.4. The van der Waals surface area contributed by atoms with Gasteiger partial charge in [0.15, 0.2) is 6.10 Å². The Morgan fingerprint density at radius 2 is 1.93 bits per heavy atom. The summed E-state index contributed by atoms with van der Waals surface area (Å²) in [6.07, 6.45) is 0.627. The van der Waals surface area contributed by atoms with E-state index in [1.165, 1.54) is 0 Å². The molecule has 2 amide bonds. The third-order valence-electron chi connectivity index (χ3n) is 8.93. The molecule has 12 heteroatoms. The third-order valence-corrected chi connectivity index (χ3v) is 8.93. The second-order valence-electron chi connectivity index (χ2n) is 13.7. The number of aryl methyl sites for hydroxylation is 1. The third kappa shape index (κ3) is 6.71. The number of morpholine rings is 1.